The minimum Gasteiger partial charge on any atom is -0.378 e. The van der Waals surface area contributed by atoms with Crippen LogP contribution < -0.4 is 0 Å². The second-order valence-electron chi connectivity index (χ2n) is 1.83. The predicted octanol–water partition coefficient (Wildman–Crippen LogP) is 1.29. The third-order valence-corrected chi connectivity index (χ3v) is 1.24. The number of hydrogen-bond donors (Lipinski definition) is 1. The molecule has 1 aromatic heterocycles. The highest BCUT2D eigenvalue weighted by molar-refractivity contribution is 7.71. The third kappa shape index (κ3) is 1.89. The summed E-state index contributed by atoms with van der Waals surface area (Å²) in [6.45, 7) is 0.548. The van der Waals surface area contributed by atoms with Gasteiger partial charge < -0.3 is 9.72 Å². The summed E-state index contributed by atoms with van der Waals surface area (Å²) >= 11 is 4.79. The lowest BCUT2D eigenvalue weighted by Gasteiger charge is -1.96. The van der Waals surface area contributed by atoms with Gasteiger partial charge in [-0.15, -0.1) is 0 Å². The summed E-state index contributed by atoms with van der Waals surface area (Å²) in [5.74, 6) is 0. The predicted molar refractivity (Wildman–Crippen MR) is 40.1 cm³/mol. The molecule has 4 heteroatoms. The summed E-state index contributed by atoms with van der Waals surface area (Å²) in [6.07, 6.45) is 1.66. The van der Waals surface area contributed by atoms with Gasteiger partial charge in [-0.3, -0.25) is 0 Å². The smallest absolute Gasteiger partial charge is 0.197 e. The number of ether oxygens (including phenoxy) is 1. The van der Waals surface area contributed by atoms with Gasteiger partial charge in [0, 0.05) is 19.0 Å². The first-order valence-electron chi connectivity index (χ1n) is 2.86. The molecule has 1 aromatic rings. The van der Waals surface area contributed by atoms with E-state index in [4.69, 9.17) is 17.0 Å². The molecule has 0 saturated carbocycles. The summed E-state index contributed by atoms with van der Waals surface area (Å²) in [7, 11) is 1.64. The molecule has 0 aromatic carbocycles. The molecule has 0 aliphatic carbocycles. The Morgan fingerprint density at radius 1 is 1.80 bits per heavy atom. The van der Waals surface area contributed by atoms with E-state index in [1.54, 1.807) is 13.3 Å². The van der Waals surface area contributed by atoms with Gasteiger partial charge >= 0.3 is 0 Å². The molecule has 0 fully saturated rings. The monoisotopic (exact) mass is 156 g/mol. The van der Waals surface area contributed by atoms with E-state index in [2.05, 4.69) is 9.97 Å². The average molecular weight is 156 g/mol. The van der Waals surface area contributed by atoms with Crippen molar-refractivity contribution in [2.24, 2.45) is 0 Å². The molecule has 0 spiro atoms. The second kappa shape index (κ2) is 3.43. The number of nitrogens with zero attached hydrogens (tertiary/aromatic N) is 1. The van der Waals surface area contributed by atoms with Crippen LogP contribution in [0.1, 0.15) is 5.69 Å². The number of methoxy groups -OCH3 is 1. The van der Waals surface area contributed by atoms with Crippen molar-refractivity contribution in [2.75, 3.05) is 7.11 Å². The first-order valence-corrected chi connectivity index (χ1v) is 3.27. The van der Waals surface area contributed by atoms with Crippen LogP contribution in [0.5, 0.6) is 0 Å². The molecule has 1 heterocycles. The van der Waals surface area contributed by atoms with Crippen LogP contribution in [0, 0.1) is 4.77 Å². The van der Waals surface area contributed by atoms with Crippen LogP contribution in [0.3, 0.4) is 0 Å². The highest BCUT2D eigenvalue weighted by Crippen LogP contribution is 1.92. The van der Waals surface area contributed by atoms with Gasteiger partial charge in [-0.2, -0.15) is 0 Å². The largest absolute Gasteiger partial charge is 0.378 e. The van der Waals surface area contributed by atoms with Crippen molar-refractivity contribution in [3.05, 3.63) is 22.7 Å². The lowest BCUT2D eigenvalue weighted by atomic mass is 10.4. The summed E-state index contributed by atoms with van der Waals surface area (Å²) < 4.78 is 5.37. The van der Waals surface area contributed by atoms with Gasteiger partial charge in [-0.1, -0.05) is 0 Å². The van der Waals surface area contributed by atoms with Crippen LogP contribution in [-0.2, 0) is 11.3 Å². The third-order valence-electron chi connectivity index (χ3n) is 1.03. The number of hydrogen-bond acceptors (Lipinski definition) is 3. The maximum absolute atomic E-state index is 4.88. The first kappa shape index (κ1) is 7.37. The minimum atomic E-state index is 0.495. The molecule has 1 N–H and O–H groups in total. The molecular formula is C6H8N2OS. The van der Waals surface area contributed by atoms with Crippen LogP contribution in [0.15, 0.2) is 12.3 Å². The Kier molecular flexibility index (Phi) is 2.53. The van der Waals surface area contributed by atoms with Crippen molar-refractivity contribution < 1.29 is 4.74 Å². The van der Waals surface area contributed by atoms with Gasteiger partial charge in [0.25, 0.3) is 0 Å². The molecule has 0 aliphatic rings. The average Bonchev–Trinajstić information content (AvgIpc) is 1.88. The van der Waals surface area contributed by atoms with Gasteiger partial charge in [0.2, 0.25) is 0 Å². The van der Waals surface area contributed by atoms with E-state index in [9.17, 15) is 0 Å². The van der Waals surface area contributed by atoms with Crippen LogP contribution in [0.25, 0.3) is 0 Å². The van der Waals surface area contributed by atoms with Crippen LogP contribution in [-0.4, -0.2) is 17.1 Å². The summed E-state index contributed by atoms with van der Waals surface area (Å²) in [5, 5.41) is 0. The van der Waals surface area contributed by atoms with Crippen molar-refractivity contribution in [3.63, 3.8) is 0 Å². The highest BCUT2D eigenvalue weighted by atomic mass is 32.1. The standard InChI is InChI=1S/C6H8N2OS/c1-9-4-5-2-3-7-6(10)8-5/h2-3H,4H2,1H3,(H,7,8,10). The normalized spacial score (nSPS) is 9.70. The van der Waals surface area contributed by atoms with Crippen LogP contribution in [0.2, 0.25) is 0 Å². The molecule has 0 bridgehead atoms. The van der Waals surface area contributed by atoms with Crippen molar-refractivity contribution in [3.8, 4) is 0 Å². The Labute approximate surface area is 64.1 Å². The lowest BCUT2D eigenvalue weighted by Crippen LogP contribution is -1.92. The Morgan fingerprint density at radius 2 is 2.60 bits per heavy atom. The fraction of sp³-hybridized carbons (Fsp3) is 0.333. The van der Waals surface area contributed by atoms with Gasteiger partial charge in [0.15, 0.2) is 4.77 Å². The molecule has 10 heavy (non-hydrogen) atoms. The quantitative estimate of drug-likeness (QED) is 0.655. The van der Waals surface area contributed by atoms with Gasteiger partial charge in [-0.05, 0) is 18.3 Å². The molecule has 0 radical (unpaired) electrons. The van der Waals surface area contributed by atoms with Gasteiger partial charge in [0.05, 0.1) is 6.61 Å². The van der Waals surface area contributed by atoms with Crippen molar-refractivity contribution >= 4 is 12.2 Å². The SMILES string of the molecule is COCc1ccnc(=S)[nH]1. The Bertz CT molecular complexity index is 258. The minimum absolute atomic E-state index is 0.495. The van der Waals surface area contributed by atoms with Crippen molar-refractivity contribution in [1.82, 2.24) is 9.97 Å². The zero-order valence-electron chi connectivity index (χ0n) is 5.63. The number of nitrogens with one attached hydrogen (secondary N) is 1. The van der Waals surface area contributed by atoms with Crippen LogP contribution >= 0.6 is 12.2 Å². The number of H-pyrrole nitrogens is 1. The van der Waals surface area contributed by atoms with E-state index in [1.165, 1.54) is 0 Å². The van der Waals surface area contributed by atoms with E-state index in [0.717, 1.165) is 5.69 Å². The summed E-state index contributed by atoms with van der Waals surface area (Å²) in [6, 6.07) is 1.83. The maximum Gasteiger partial charge on any atom is 0.197 e. The van der Waals surface area contributed by atoms with E-state index in [-0.39, 0.29) is 0 Å². The van der Waals surface area contributed by atoms with Crippen molar-refractivity contribution in [1.29, 1.82) is 0 Å². The highest BCUT2D eigenvalue weighted by Gasteiger charge is 1.87. The Hall–Kier alpha value is -0.740. The molecule has 0 saturated heterocycles. The molecule has 0 aliphatic heterocycles. The van der Waals surface area contributed by atoms with Gasteiger partial charge in [-0.25, -0.2) is 4.98 Å². The molecule has 0 amide bonds. The molecule has 1 rings (SSSR count). The Morgan fingerprint density at radius 3 is 3.20 bits per heavy atom. The maximum atomic E-state index is 4.88. The fourth-order valence-electron chi connectivity index (χ4n) is 0.646. The topological polar surface area (TPSA) is 37.9 Å². The molecule has 0 unspecified atom stereocenters. The zero-order valence-corrected chi connectivity index (χ0v) is 6.44. The van der Waals surface area contributed by atoms with E-state index in [1.807, 2.05) is 6.07 Å². The number of aromatic amines is 1. The van der Waals surface area contributed by atoms with Gasteiger partial charge in [0.1, 0.15) is 0 Å². The summed E-state index contributed by atoms with van der Waals surface area (Å²) in [5.41, 5.74) is 0.947. The fourth-order valence-corrected chi connectivity index (χ4v) is 0.838. The second-order valence-corrected chi connectivity index (χ2v) is 2.22. The van der Waals surface area contributed by atoms with E-state index < -0.39 is 0 Å². The first-order chi connectivity index (χ1) is 4.83. The van der Waals surface area contributed by atoms with E-state index in [0.29, 0.717) is 11.4 Å². The Balaban J connectivity index is 2.85. The van der Waals surface area contributed by atoms with E-state index >= 15 is 0 Å². The lowest BCUT2D eigenvalue weighted by molar-refractivity contribution is 0.181. The molecule has 3 nitrogen and oxygen atoms in total. The molecule has 54 valence electrons. The molecular weight excluding hydrogens is 148 g/mol. The summed E-state index contributed by atoms with van der Waals surface area (Å²) in [4.78, 5) is 6.71. The number of aromatic nitrogens is 2. The van der Waals surface area contributed by atoms with Crippen LogP contribution in [0.4, 0.5) is 0 Å². The molecule has 0 atom stereocenters. The zero-order chi connectivity index (χ0) is 7.40. The number of rotatable bonds is 2. The van der Waals surface area contributed by atoms with Crippen molar-refractivity contribution in [2.45, 2.75) is 6.61 Å².